The molecule has 0 saturated heterocycles. The molecule has 0 aliphatic heterocycles. The number of hydrogen-bond acceptors (Lipinski definition) is 6. The lowest BCUT2D eigenvalue weighted by molar-refractivity contribution is 0.0952. The minimum absolute atomic E-state index is 0.0273. The molecule has 2 N–H and O–H groups in total. The first-order chi connectivity index (χ1) is 14.4. The second kappa shape index (κ2) is 10.8. The average molecular weight is 437 g/mol. The number of nitrogens with one attached hydrogen (secondary N) is 2. The summed E-state index contributed by atoms with van der Waals surface area (Å²) in [6.45, 7) is 6.94. The van der Waals surface area contributed by atoms with E-state index in [1.54, 1.807) is 25.1 Å². The third-order valence-electron chi connectivity index (χ3n) is 4.14. The number of benzene rings is 2. The van der Waals surface area contributed by atoms with Crippen LogP contribution in [0.15, 0.2) is 41.3 Å². The first-order valence-corrected chi connectivity index (χ1v) is 11.2. The van der Waals surface area contributed by atoms with Gasteiger partial charge in [0.15, 0.2) is 11.5 Å². The van der Waals surface area contributed by atoms with Gasteiger partial charge in [-0.3, -0.25) is 4.79 Å². The fourth-order valence-electron chi connectivity index (χ4n) is 2.75. The molecule has 0 aliphatic carbocycles. The van der Waals surface area contributed by atoms with Crippen LogP contribution in [-0.4, -0.2) is 41.2 Å². The first-order valence-electron chi connectivity index (χ1n) is 9.70. The van der Waals surface area contributed by atoms with E-state index in [9.17, 15) is 13.2 Å². The molecule has 0 radical (unpaired) electrons. The summed E-state index contributed by atoms with van der Waals surface area (Å²) in [5.74, 6) is 1.05. The Kier molecular flexibility index (Phi) is 8.49. The lowest BCUT2D eigenvalue weighted by Gasteiger charge is -2.14. The molecule has 2 rings (SSSR count). The van der Waals surface area contributed by atoms with E-state index in [4.69, 9.17) is 14.2 Å². The van der Waals surface area contributed by atoms with Crippen molar-refractivity contribution in [1.82, 2.24) is 10.0 Å². The molecule has 0 atom stereocenters. The van der Waals surface area contributed by atoms with Crippen molar-refractivity contribution in [3.05, 3.63) is 47.5 Å². The molecule has 2 aromatic rings. The van der Waals surface area contributed by atoms with Gasteiger partial charge in [0.25, 0.3) is 5.91 Å². The van der Waals surface area contributed by atoms with Gasteiger partial charge in [0.1, 0.15) is 5.75 Å². The second-order valence-electron chi connectivity index (χ2n) is 6.19. The fourth-order valence-corrected chi connectivity index (χ4v) is 3.80. The molecule has 0 aliphatic rings. The Bertz CT molecular complexity index is 975. The molecule has 0 aromatic heterocycles. The number of methoxy groups -OCH3 is 1. The summed E-state index contributed by atoms with van der Waals surface area (Å²) < 4.78 is 44.4. The summed E-state index contributed by atoms with van der Waals surface area (Å²) in [5, 5.41) is 2.65. The molecule has 0 saturated carbocycles. The van der Waals surface area contributed by atoms with Gasteiger partial charge in [-0.15, -0.1) is 0 Å². The molecular weight excluding hydrogens is 408 g/mol. The van der Waals surface area contributed by atoms with Crippen molar-refractivity contribution < 1.29 is 27.4 Å². The molecule has 164 valence electrons. The van der Waals surface area contributed by atoms with Crippen LogP contribution in [0.3, 0.4) is 0 Å². The SMILES string of the molecule is CCNC(=O)c1cc(S(=O)(=O)NCc2ccc(OCC)c(OCC)c2)ccc1OC. The van der Waals surface area contributed by atoms with Gasteiger partial charge in [0, 0.05) is 13.1 Å². The molecule has 30 heavy (non-hydrogen) atoms. The maximum Gasteiger partial charge on any atom is 0.255 e. The van der Waals surface area contributed by atoms with E-state index in [1.165, 1.54) is 25.3 Å². The highest BCUT2D eigenvalue weighted by Gasteiger charge is 2.20. The topological polar surface area (TPSA) is 103 Å². The summed E-state index contributed by atoms with van der Waals surface area (Å²) >= 11 is 0. The van der Waals surface area contributed by atoms with Gasteiger partial charge in [-0.05, 0) is 56.7 Å². The Morgan fingerprint density at radius 1 is 0.933 bits per heavy atom. The number of rotatable bonds is 11. The van der Waals surface area contributed by atoms with Gasteiger partial charge in [-0.2, -0.15) is 0 Å². The van der Waals surface area contributed by atoms with Gasteiger partial charge in [-0.25, -0.2) is 13.1 Å². The van der Waals surface area contributed by atoms with Crippen molar-refractivity contribution in [1.29, 1.82) is 0 Å². The summed E-state index contributed by atoms with van der Waals surface area (Å²) in [6.07, 6.45) is 0. The van der Waals surface area contributed by atoms with Crippen molar-refractivity contribution >= 4 is 15.9 Å². The molecule has 8 nitrogen and oxygen atoms in total. The third-order valence-corrected chi connectivity index (χ3v) is 5.54. The predicted molar refractivity (Wildman–Crippen MR) is 114 cm³/mol. The largest absolute Gasteiger partial charge is 0.496 e. The fraction of sp³-hybridized carbons (Fsp3) is 0.381. The zero-order chi connectivity index (χ0) is 22.1. The van der Waals surface area contributed by atoms with Crippen molar-refractivity contribution in [2.45, 2.75) is 32.2 Å². The Morgan fingerprint density at radius 2 is 1.60 bits per heavy atom. The normalized spacial score (nSPS) is 11.1. The molecule has 9 heteroatoms. The highest BCUT2D eigenvalue weighted by Crippen LogP contribution is 2.29. The molecule has 2 aromatic carbocycles. The van der Waals surface area contributed by atoms with Gasteiger partial charge in [0.05, 0.1) is 30.8 Å². The van der Waals surface area contributed by atoms with E-state index < -0.39 is 15.9 Å². The van der Waals surface area contributed by atoms with Crippen LogP contribution < -0.4 is 24.2 Å². The van der Waals surface area contributed by atoms with Crippen molar-refractivity contribution in [2.75, 3.05) is 26.9 Å². The van der Waals surface area contributed by atoms with Gasteiger partial charge in [-0.1, -0.05) is 6.07 Å². The smallest absolute Gasteiger partial charge is 0.255 e. The van der Waals surface area contributed by atoms with Crippen molar-refractivity contribution in [3.63, 3.8) is 0 Å². The molecule has 0 unspecified atom stereocenters. The van der Waals surface area contributed by atoms with E-state index in [1.807, 2.05) is 13.8 Å². The quantitative estimate of drug-likeness (QED) is 0.561. The standard InChI is InChI=1S/C21H28N2O6S/c1-5-22-21(24)17-13-16(9-11-18(17)27-4)30(25,26)23-14-15-8-10-19(28-6-2)20(12-15)29-7-3/h8-13,23H,5-7,14H2,1-4H3,(H,22,24). The Morgan fingerprint density at radius 3 is 2.23 bits per heavy atom. The van der Waals surface area contributed by atoms with Crippen LogP contribution in [0.25, 0.3) is 0 Å². The minimum atomic E-state index is -3.86. The molecule has 0 spiro atoms. The molecule has 0 fully saturated rings. The molecule has 0 bridgehead atoms. The van der Waals surface area contributed by atoms with Crippen LogP contribution in [0.4, 0.5) is 0 Å². The van der Waals surface area contributed by atoms with Crippen molar-refractivity contribution in [2.24, 2.45) is 0 Å². The Labute approximate surface area is 177 Å². The molecule has 1 amide bonds. The van der Waals surface area contributed by atoms with Gasteiger partial charge < -0.3 is 19.5 Å². The Balaban J connectivity index is 2.24. The summed E-state index contributed by atoms with van der Waals surface area (Å²) in [6, 6.07) is 9.42. The summed E-state index contributed by atoms with van der Waals surface area (Å²) in [4.78, 5) is 12.2. The highest BCUT2D eigenvalue weighted by atomic mass is 32.2. The maximum absolute atomic E-state index is 12.8. The van der Waals surface area contributed by atoms with Crippen LogP contribution in [0.5, 0.6) is 17.2 Å². The number of sulfonamides is 1. The number of ether oxygens (including phenoxy) is 3. The molecular formula is C21H28N2O6S. The number of carbonyl (C=O) groups is 1. The van der Waals surface area contributed by atoms with E-state index >= 15 is 0 Å². The second-order valence-corrected chi connectivity index (χ2v) is 7.96. The van der Waals surface area contributed by atoms with Crippen LogP contribution >= 0.6 is 0 Å². The van der Waals surface area contributed by atoms with Crippen molar-refractivity contribution in [3.8, 4) is 17.2 Å². The lowest BCUT2D eigenvalue weighted by atomic mass is 10.2. The third kappa shape index (κ3) is 5.87. The number of carbonyl (C=O) groups excluding carboxylic acids is 1. The molecule has 0 heterocycles. The Hall–Kier alpha value is -2.78. The van der Waals surface area contributed by atoms with Crippen LogP contribution in [-0.2, 0) is 16.6 Å². The first kappa shape index (κ1) is 23.5. The zero-order valence-corrected chi connectivity index (χ0v) is 18.5. The van der Waals surface area contributed by atoms with E-state index in [0.29, 0.717) is 42.6 Å². The van der Waals surface area contributed by atoms with E-state index in [0.717, 1.165) is 0 Å². The number of hydrogen-bond donors (Lipinski definition) is 2. The van der Waals surface area contributed by atoms with Gasteiger partial charge in [0.2, 0.25) is 10.0 Å². The monoisotopic (exact) mass is 436 g/mol. The predicted octanol–water partition coefficient (Wildman–Crippen LogP) is 2.72. The number of amides is 1. The van der Waals surface area contributed by atoms with E-state index in [2.05, 4.69) is 10.0 Å². The lowest BCUT2D eigenvalue weighted by Crippen LogP contribution is -2.26. The average Bonchev–Trinajstić information content (AvgIpc) is 2.74. The summed E-state index contributed by atoms with van der Waals surface area (Å²) in [5.41, 5.74) is 0.866. The van der Waals surface area contributed by atoms with Gasteiger partial charge >= 0.3 is 0 Å². The summed E-state index contributed by atoms with van der Waals surface area (Å²) in [7, 11) is -2.43. The minimum Gasteiger partial charge on any atom is -0.496 e. The maximum atomic E-state index is 12.8. The van der Waals surface area contributed by atoms with Crippen LogP contribution in [0.2, 0.25) is 0 Å². The van der Waals surface area contributed by atoms with Crippen LogP contribution in [0.1, 0.15) is 36.7 Å². The van der Waals surface area contributed by atoms with E-state index in [-0.39, 0.29) is 17.0 Å². The highest BCUT2D eigenvalue weighted by molar-refractivity contribution is 7.89. The van der Waals surface area contributed by atoms with Crippen LogP contribution in [0, 0.1) is 0 Å². The zero-order valence-electron chi connectivity index (χ0n) is 17.7.